The van der Waals surface area contributed by atoms with Gasteiger partial charge in [0, 0.05) is 24.5 Å². The van der Waals surface area contributed by atoms with Gasteiger partial charge in [0.2, 0.25) is 0 Å². The van der Waals surface area contributed by atoms with Crippen LogP contribution < -0.4 is 10.6 Å². The highest BCUT2D eigenvalue weighted by molar-refractivity contribution is 5.47. The van der Waals surface area contributed by atoms with Gasteiger partial charge >= 0.3 is 0 Å². The smallest absolute Gasteiger partial charge is 0.0684 e. The largest absolute Gasteiger partial charge is 0.392 e. The van der Waals surface area contributed by atoms with Crippen LogP contribution >= 0.6 is 0 Å². The average molecular weight is 314 g/mol. The van der Waals surface area contributed by atoms with Gasteiger partial charge in [0.15, 0.2) is 0 Å². The lowest BCUT2D eigenvalue weighted by atomic mass is 10.0. The van der Waals surface area contributed by atoms with Crippen molar-refractivity contribution in [2.24, 2.45) is 0 Å². The second-order valence-corrected chi connectivity index (χ2v) is 6.03. The van der Waals surface area contributed by atoms with E-state index in [1.165, 1.54) is 11.1 Å². The van der Waals surface area contributed by atoms with Crippen molar-refractivity contribution in [3.63, 3.8) is 0 Å². The van der Waals surface area contributed by atoms with E-state index in [-0.39, 0.29) is 12.2 Å². The van der Waals surface area contributed by atoms with Gasteiger partial charge in [0.05, 0.1) is 12.2 Å². The Bertz CT molecular complexity index is 524. The summed E-state index contributed by atoms with van der Waals surface area (Å²) >= 11 is 0. The molecule has 0 aromatic heterocycles. The summed E-state index contributed by atoms with van der Waals surface area (Å²) in [6.07, 6.45) is 0.180. The van der Waals surface area contributed by atoms with Gasteiger partial charge in [-0.25, -0.2) is 0 Å². The minimum absolute atomic E-state index is 0.351. The Morgan fingerprint density at radius 3 is 1.35 bits per heavy atom. The maximum Gasteiger partial charge on any atom is 0.0684 e. The molecular formula is C19H26N2O2. The van der Waals surface area contributed by atoms with Gasteiger partial charge in [-0.3, -0.25) is 0 Å². The van der Waals surface area contributed by atoms with Crippen LogP contribution in [0.3, 0.4) is 0 Å². The number of rotatable bonds is 8. The van der Waals surface area contributed by atoms with E-state index in [1.54, 1.807) is 13.8 Å². The summed E-state index contributed by atoms with van der Waals surface area (Å²) in [6.45, 7) is 4.64. The Labute approximate surface area is 138 Å². The predicted molar refractivity (Wildman–Crippen MR) is 96.0 cm³/mol. The lowest BCUT2D eigenvalue weighted by Crippen LogP contribution is -2.15. The van der Waals surface area contributed by atoms with Crippen molar-refractivity contribution in [2.45, 2.75) is 32.5 Å². The molecule has 23 heavy (non-hydrogen) atoms. The van der Waals surface area contributed by atoms with E-state index >= 15 is 0 Å². The van der Waals surface area contributed by atoms with Crippen LogP contribution in [0.1, 0.15) is 25.0 Å². The van der Waals surface area contributed by atoms with Gasteiger partial charge < -0.3 is 20.8 Å². The second kappa shape index (κ2) is 8.56. The van der Waals surface area contributed by atoms with Crippen LogP contribution in [0.2, 0.25) is 0 Å². The van der Waals surface area contributed by atoms with Gasteiger partial charge in [-0.1, -0.05) is 24.3 Å². The molecule has 2 unspecified atom stereocenters. The van der Waals surface area contributed by atoms with Crippen molar-refractivity contribution in [3.05, 3.63) is 59.7 Å². The Morgan fingerprint density at radius 1 is 0.696 bits per heavy atom. The molecule has 0 aliphatic carbocycles. The van der Waals surface area contributed by atoms with Gasteiger partial charge in [-0.2, -0.15) is 0 Å². The number of benzene rings is 2. The molecule has 0 fully saturated rings. The summed E-state index contributed by atoms with van der Waals surface area (Å²) < 4.78 is 0. The van der Waals surface area contributed by atoms with Crippen molar-refractivity contribution >= 4 is 11.4 Å². The first-order valence-corrected chi connectivity index (χ1v) is 8.04. The summed E-state index contributed by atoms with van der Waals surface area (Å²) in [5.74, 6) is 0. The van der Waals surface area contributed by atoms with Gasteiger partial charge in [0.1, 0.15) is 0 Å². The van der Waals surface area contributed by atoms with E-state index in [0.717, 1.165) is 17.8 Å². The Balaban J connectivity index is 1.88. The molecule has 0 aliphatic rings. The number of aliphatic hydroxyl groups excluding tert-OH is 2. The minimum Gasteiger partial charge on any atom is -0.392 e. The summed E-state index contributed by atoms with van der Waals surface area (Å²) in [5.41, 5.74) is 4.54. The van der Waals surface area contributed by atoms with Gasteiger partial charge in [-0.05, 0) is 55.7 Å². The summed E-state index contributed by atoms with van der Waals surface area (Å²) in [5, 5.41) is 24.9. The predicted octanol–water partition coefficient (Wildman–Crippen LogP) is 2.86. The molecule has 0 heterocycles. The van der Waals surface area contributed by atoms with Gasteiger partial charge in [-0.15, -0.1) is 0 Å². The number of hydrogen-bond donors (Lipinski definition) is 4. The third-order valence-corrected chi connectivity index (χ3v) is 3.52. The standard InChI is InChI=1S/C19H26N2O2/c1-14(22)12-20-18-7-3-16(4-8-18)11-17-5-9-19(10-6-17)21-13-15(2)23/h3-10,14-15,20-23H,11-13H2,1-2H3. The Kier molecular flexibility index (Phi) is 6.44. The van der Waals surface area contributed by atoms with Crippen molar-refractivity contribution in [2.75, 3.05) is 23.7 Å². The quantitative estimate of drug-likeness (QED) is 0.605. The van der Waals surface area contributed by atoms with Crippen LogP contribution in [0.25, 0.3) is 0 Å². The van der Waals surface area contributed by atoms with Gasteiger partial charge in [0.25, 0.3) is 0 Å². The van der Waals surface area contributed by atoms with Crippen LogP contribution in [-0.2, 0) is 6.42 Å². The molecule has 0 saturated carbocycles. The van der Waals surface area contributed by atoms with Crippen molar-refractivity contribution in [3.8, 4) is 0 Å². The number of hydrogen-bond acceptors (Lipinski definition) is 4. The van der Waals surface area contributed by atoms with Crippen LogP contribution in [0, 0.1) is 0 Å². The van der Waals surface area contributed by atoms with Crippen LogP contribution in [0.5, 0.6) is 0 Å². The van der Waals surface area contributed by atoms with E-state index in [9.17, 15) is 10.2 Å². The lowest BCUT2D eigenvalue weighted by Gasteiger charge is -2.10. The van der Waals surface area contributed by atoms with E-state index in [0.29, 0.717) is 13.1 Å². The highest BCUT2D eigenvalue weighted by Crippen LogP contribution is 2.16. The Morgan fingerprint density at radius 2 is 1.04 bits per heavy atom. The number of nitrogens with one attached hydrogen (secondary N) is 2. The van der Waals surface area contributed by atoms with Crippen molar-refractivity contribution < 1.29 is 10.2 Å². The number of aliphatic hydroxyl groups is 2. The fraction of sp³-hybridized carbons (Fsp3) is 0.368. The zero-order chi connectivity index (χ0) is 16.7. The van der Waals surface area contributed by atoms with E-state index in [2.05, 4.69) is 34.9 Å². The molecule has 0 saturated heterocycles. The molecule has 0 spiro atoms. The first-order valence-electron chi connectivity index (χ1n) is 8.04. The maximum atomic E-state index is 9.27. The highest BCUT2D eigenvalue weighted by Gasteiger charge is 2.00. The lowest BCUT2D eigenvalue weighted by molar-refractivity contribution is 0.208. The van der Waals surface area contributed by atoms with Crippen LogP contribution in [-0.4, -0.2) is 35.5 Å². The molecule has 124 valence electrons. The van der Waals surface area contributed by atoms with Crippen molar-refractivity contribution in [1.82, 2.24) is 0 Å². The number of anilines is 2. The summed E-state index contributed by atoms with van der Waals surface area (Å²) in [6, 6.07) is 16.6. The highest BCUT2D eigenvalue weighted by atomic mass is 16.3. The molecule has 2 atom stereocenters. The fourth-order valence-electron chi connectivity index (χ4n) is 2.25. The first-order chi connectivity index (χ1) is 11.0. The van der Waals surface area contributed by atoms with Crippen molar-refractivity contribution in [1.29, 1.82) is 0 Å². The van der Waals surface area contributed by atoms with E-state index < -0.39 is 0 Å². The molecule has 0 radical (unpaired) electrons. The molecule has 2 aromatic rings. The summed E-state index contributed by atoms with van der Waals surface area (Å²) in [4.78, 5) is 0. The normalized spacial score (nSPS) is 13.4. The minimum atomic E-state index is -0.351. The average Bonchev–Trinajstić information content (AvgIpc) is 2.53. The SMILES string of the molecule is CC(O)CNc1ccc(Cc2ccc(NCC(C)O)cc2)cc1. The second-order valence-electron chi connectivity index (χ2n) is 6.03. The summed E-state index contributed by atoms with van der Waals surface area (Å²) in [7, 11) is 0. The topological polar surface area (TPSA) is 64.5 Å². The molecule has 0 aliphatic heterocycles. The maximum absolute atomic E-state index is 9.27. The molecule has 0 bridgehead atoms. The molecular weight excluding hydrogens is 288 g/mol. The van der Waals surface area contributed by atoms with Crippen LogP contribution in [0.15, 0.2) is 48.5 Å². The molecule has 0 amide bonds. The third kappa shape index (κ3) is 6.30. The molecule has 2 aromatic carbocycles. The third-order valence-electron chi connectivity index (χ3n) is 3.52. The van der Waals surface area contributed by atoms with E-state index in [4.69, 9.17) is 0 Å². The molecule has 2 rings (SSSR count). The van der Waals surface area contributed by atoms with Crippen LogP contribution in [0.4, 0.5) is 11.4 Å². The monoisotopic (exact) mass is 314 g/mol. The molecule has 4 N–H and O–H groups in total. The molecule has 4 heteroatoms. The van der Waals surface area contributed by atoms with E-state index in [1.807, 2.05) is 24.3 Å². The zero-order valence-corrected chi connectivity index (χ0v) is 13.8. The fourth-order valence-corrected chi connectivity index (χ4v) is 2.25. The molecule has 4 nitrogen and oxygen atoms in total. The zero-order valence-electron chi connectivity index (χ0n) is 13.8. The first kappa shape index (κ1) is 17.3. The Hall–Kier alpha value is -2.04.